The monoisotopic (exact) mass is 352 g/mol. The molecule has 0 saturated heterocycles. The van der Waals surface area contributed by atoms with Crippen molar-refractivity contribution in [2.24, 2.45) is 0 Å². The molecule has 0 unspecified atom stereocenters. The summed E-state index contributed by atoms with van der Waals surface area (Å²) in [7, 11) is 2.24. The number of aryl methyl sites for hydroxylation is 1. The number of rotatable bonds is 2. The number of hydrogen-bond donors (Lipinski definition) is 0. The van der Waals surface area contributed by atoms with Crippen molar-refractivity contribution in [2.45, 2.75) is 46.7 Å². The molecule has 25 heavy (non-hydrogen) atoms. The molecule has 3 heteroatoms. The highest BCUT2D eigenvalue weighted by molar-refractivity contribution is 6.30. The van der Waals surface area contributed by atoms with E-state index in [9.17, 15) is 0 Å². The van der Waals surface area contributed by atoms with Gasteiger partial charge in [0.25, 0.3) is 0 Å². The van der Waals surface area contributed by atoms with Gasteiger partial charge in [-0.1, -0.05) is 30.7 Å². The van der Waals surface area contributed by atoms with Gasteiger partial charge in [-0.05, 0) is 67.6 Å². The SMILES string of the molecule is CCc1c(C)c2c3c(cc(C)n3C[C@H](C)N2C)c1-c1ccc(Cl)cc1. The number of anilines is 1. The molecule has 1 aromatic heterocycles. The first-order valence-corrected chi connectivity index (χ1v) is 9.45. The molecule has 2 heterocycles. The van der Waals surface area contributed by atoms with E-state index in [1.807, 2.05) is 12.1 Å². The van der Waals surface area contributed by atoms with Gasteiger partial charge in [0.2, 0.25) is 0 Å². The highest BCUT2D eigenvalue weighted by atomic mass is 35.5. The lowest BCUT2D eigenvalue weighted by atomic mass is 9.89. The number of likely N-dealkylation sites (N-methyl/N-ethyl adjacent to an activating group) is 1. The van der Waals surface area contributed by atoms with Crippen molar-refractivity contribution < 1.29 is 0 Å². The molecule has 0 saturated carbocycles. The van der Waals surface area contributed by atoms with Crippen molar-refractivity contribution in [3.8, 4) is 11.1 Å². The fourth-order valence-electron chi connectivity index (χ4n) is 4.46. The number of benzene rings is 2. The van der Waals surface area contributed by atoms with Crippen LogP contribution in [0.3, 0.4) is 0 Å². The van der Waals surface area contributed by atoms with E-state index in [-0.39, 0.29) is 0 Å². The van der Waals surface area contributed by atoms with Gasteiger partial charge in [0.05, 0.1) is 11.2 Å². The van der Waals surface area contributed by atoms with Crippen LogP contribution in [0.1, 0.15) is 30.7 Å². The molecule has 2 aromatic carbocycles. The van der Waals surface area contributed by atoms with E-state index in [4.69, 9.17) is 11.6 Å². The minimum Gasteiger partial charge on any atom is -0.368 e. The second kappa shape index (κ2) is 5.81. The zero-order valence-corrected chi connectivity index (χ0v) is 16.4. The predicted molar refractivity (Wildman–Crippen MR) is 109 cm³/mol. The van der Waals surface area contributed by atoms with Crippen LogP contribution in [0.15, 0.2) is 30.3 Å². The van der Waals surface area contributed by atoms with Gasteiger partial charge in [-0.15, -0.1) is 0 Å². The van der Waals surface area contributed by atoms with Crippen molar-refractivity contribution in [1.82, 2.24) is 4.57 Å². The Hall–Kier alpha value is -1.93. The maximum absolute atomic E-state index is 6.13. The van der Waals surface area contributed by atoms with Gasteiger partial charge >= 0.3 is 0 Å². The summed E-state index contributed by atoms with van der Waals surface area (Å²) in [5.74, 6) is 0. The van der Waals surface area contributed by atoms with Crippen LogP contribution in [0, 0.1) is 13.8 Å². The molecule has 1 atom stereocenters. The predicted octanol–water partition coefficient (Wildman–Crippen LogP) is 5.98. The Morgan fingerprint density at radius 3 is 2.48 bits per heavy atom. The van der Waals surface area contributed by atoms with E-state index in [1.54, 1.807) is 0 Å². The Labute approximate surface area is 155 Å². The lowest BCUT2D eigenvalue weighted by molar-refractivity contribution is 0.550. The standard InChI is InChI=1S/C22H25ClN2/c1-6-18-15(4)21-22-19(20(18)16-7-9-17(23)10-8-16)11-13(2)25(22)12-14(3)24(21)5/h7-11,14H,6,12H2,1-5H3/t14-/m0/s1. The van der Waals surface area contributed by atoms with Crippen LogP contribution in [-0.2, 0) is 13.0 Å². The highest BCUT2D eigenvalue weighted by Gasteiger charge is 2.28. The van der Waals surface area contributed by atoms with Crippen molar-refractivity contribution in [1.29, 1.82) is 0 Å². The summed E-state index contributed by atoms with van der Waals surface area (Å²) in [4.78, 5) is 2.46. The summed E-state index contributed by atoms with van der Waals surface area (Å²) in [6, 6.07) is 11.2. The molecule has 0 fully saturated rings. The van der Waals surface area contributed by atoms with Crippen molar-refractivity contribution in [3.05, 3.63) is 52.2 Å². The first kappa shape index (κ1) is 16.5. The van der Waals surface area contributed by atoms with E-state index >= 15 is 0 Å². The minimum absolute atomic E-state index is 0.506. The third-order valence-electron chi connectivity index (χ3n) is 5.85. The average molecular weight is 353 g/mol. The molecule has 0 N–H and O–H groups in total. The first-order valence-electron chi connectivity index (χ1n) is 9.08. The van der Waals surface area contributed by atoms with Gasteiger partial charge in [0.1, 0.15) is 0 Å². The van der Waals surface area contributed by atoms with Crippen LogP contribution < -0.4 is 4.90 Å². The Bertz CT molecular complexity index is 966. The second-order valence-corrected chi connectivity index (χ2v) is 7.74. The Kier molecular flexibility index (Phi) is 3.84. The second-order valence-electron chi connectivity index (χ2n) is 7.31. The van der Waals surface area contributed by atoms with Crippen LogP contribution in [-0.4, -0.2) is 17.7 Å². The topological polar surface area (TPSA) is 8.17 Å². The van der Waals surface area contributed by atoms with E-state index in [2.05, 4.69) is 62.4 Å². The van der Waals surface area contributed by atoms with Gasteiger partial charge in [-0.25, -0.2) is 0 Å². The van der Waals surface area contributed by atoms with Crippen LogP contribution in [0.2, 0.25) is 5.02 Å². The summed E-state index contributed by atoms with van der Waals surface area (Å²) in [6.07, 6.45) is 1.03. The molecule has 130 valence electrons. The molecule has 4 rings (SSSR count). The van der Waals surface area contributed by atoms with Gasteiger partial charge in [-0.2, -0.15) is 0 Å². The highest BCUT2D eigenvalue weighted by Crippen LogP contribution is 2.45. The molecule has 1 aliphatic rings. The average Bonchev–Trinajstić information content (AvgIpc) is 2.90. The number of hydrogen-bond acceptors (Lipinski definition) is 1. The van der Waals surface area contributed by atoms with E-state index in [0.29, 0.717) is 6.04 Å². The zero-order valence-electron chi connectivity index (χ0n) is 15.7. The summed E-state index contributed by atoms with van der Waals surface area (Å²) < 4.78 is 2.50. The quantitative estimate of drug-likeness (QED) is 0.550. The van der Waals surface area contributed by atoms with Crippen LogP contribution in [0.25, 0.3) is 22.0 Å². The number of aromatic nitrogens is 1. The third kappa shape index (κ3) is 2.31. The molecule has 2 nitrogen and oxygen atoms in total. The van der Waals surface area contributed by atoms with Gasteiger partial charge in [0.15, 0.2) is 0 Å². The molecule has 0 aliphatic carbocycles. The molecule has 0 radical (unpaired) electrons. The summed E-state index contributed by atoms with van der Waals surface area (Å²) in [5, 5.41) is 2.16. The molecule has 0 bridgehead atoms. The van der Waals surface area contributed by atoms with E-state index < -0.39 is 0 Å². The van der Waals surface area contributed by atoms with Crippen molar-refractivity contribution >= 4 is 28.2 Å². The van der Waals surface area contributed by atoms with Crippen LogP contribution in [0.5, 0.6) is 0 Å². The third-order valence-corrected chi connectivity index (χ3v) is 6.11. The summed E-state index contributed by atoms with van der Waals surface area (Å²) >= 11 is 6.13. The Balaban J connectivity index is 2.15. The molecule has 1 aliphatic heterocycles. The van der Waals surface area contributed by atoms with Crippen LogP contribution in [0.4, 0.5) is 5.69 Å². The zero-order chi connectivity index (χ0) is 17.9. The summed E-state index contributed by atoms with van der Waals surface area (Å²) in [5.41, 5.74) is 9.62. The maximum atomic E-state index is 6.13. The van der Waals surface area contributed by atoms with Crippen LogP contribution >= 0.6 is 11.6 Å². The van der Waals surface area contributed by atoms with E-state index in [1.165, 1.54) is 44.5 Å². The summed E-state index contributed by atoms with van der Waals surface area (Å²) in [6.45, 7) is 10.1. The molecular formula is C22H25ClN2. The van der Waals surface area contributed by atoms with Crippen molar-refractivity contribution in [3.63, 3.8) is 0 Å². The van der Waals surface area contributed by atoms with E-state index in [0.717, 1.165) is 18.0 Å². The Morgan fingerprint density at radius 2 is 1.84 bits per heavy atom. The lowest BCUT2D eigenvalue weighted by Crippen LogP contribution is -2.37. The van der Waals surface area contributed by atoms with Gasteiger partial charge < -0.3 is 9.47 Å². The lowest BCUT2D eigenvalue weighted by Gasteiger charge is -2.36. The molecule has 0 spiro atoms. The largest absolute Gasteiger partial charge is 0.368 e. The fraction of sp³-hybridized carbons (Fsp3) is 0.364. The van der Waals surface area contributed by atoms with Gasteiger partial charge in [-0.3, -0.25) is 0 Å². The minimum atomic E-state index is 0.506. The fourth-order valence-corrected chi connectivity index (χ4v) is 4.58. The normalized spacial score (nSPS) is 16.7. The number of halogens is 1. The maximum Gasteiger partial charge on any atom is 0.0730 e. The smallest absolute Gasteiger partial charge is 0.0730 e. The molecule has 3 aromatic rings. The molecular weight excluding hydrogens is 328 g/mol. The van der Waals surface area contributed by atoms with Gasteiger partial charge in [0, 0.05) is 35.7 Å². The van der Waals surface area contributed by atoms with Crippen molar-refractivity contribution in [2.75, 3.05) is 11.9 Å². The Morgan fingerprint density at radius 1 is 1.16 bits per heavy atom. The first-order chi connectivity index (χ1) is 11.9. The molecule has 0 amide bonds. The number of nitrogens with zero attached hydrogens (tertiary/aromatic N) is 2.